The minimum absolute atomic E-state index is 0.0458. The van der Waals surface area contributed by atoms with Gasteiger partial charge >= 0.3 is 5.97 Å². The molecule has 1 aromatic heterocycles. The number of halogens is 1. The first kappa shape index (κ1) is 18.6. The van der Waals surface area contributed by atoms with Crippen LogP contribution in [0, 0.1) is 5.82 Å². The summed E-state index contributed by atoms with van der Waals surface area (Å²) in [6.07, 6.45) is 1.74. The van der Waals surface area contributed by atoms with Crippen LogP contribution >= 0.6 is 0 Å². The molecule has 0 spiro atoms. The fraction of sp³-hybridized carbons (Fsp3) is 0.389. The predicted octanol–water partition coefficient (Wildman–Crippen LogP) is 2.44. The molecular formula is C18H20FNO5S. The topological polar surface area (TPSA) is 76.8 Å². The smallest absolute Gasteiger partial charge is 0.374 e. The minimum atomic E-state index is -3.04. The van der Waals surface area contributed by atoms with E-state index < -0.39 is 15.8 Å². The Morgan fingerprint density at radius 3 is 2.58 bits per heavy atom. The summed E-state index contributed by atoms with van der Waals surface area (Å²) >= 11 is 0. The highest BCUT2D eigenvalue weighted by Crippen LogP contribution is 2.28. The first-order valence-electron chi connectivity index (χ1n) is 8.36. The number of benzene rings is 1. The summed E-state index contributed by atoms with van der Waals surface area (Å²) in [5.74, 6) is -0.739. The number of hydrogen-bond donors (Lipinski definition) is 0. The van der Waals surface area contributed by atoms with E-state index in [0.717, 1.165) is 0 Å². The summed E-state index contributed by atoms with van der Waals surface area (Å²) in [6.45, 7) is 0.725. The molecule has 6 nitrogen and oxygen atoms in total. The first-order valence-corrected chi connectivity index (χ1v) is 10.2. The number of sulfone groups is 1. The third kappa shape index (κ3) is 4.50. The number of ether oxygens (including phenoxy) is 1. The molecule has 0 N–H and O–H groups in total. The summed E-state index contributed by atoms with van der Waals surface area (Å²) in [5.41, 5.74) is 0.473. The van der Waals surface area contributed by atoms with Gasteiger partial charge in [-0.05, 0) is 18.2 Å². The monoisotopic (exact) mass is 381 g/mol. The zero-order valence-corrected chi connectivity index (χ0v) is 15.0. The summed E-state index contributed by atoms with van der Waals surface area (Å²) in [4.78, 5) is 13.8. The Labute approximate surface area is 151 Å². The lowest BCUT2D eigenvalue weighted by atomic mass is 10.0. The fourth-order valence-electron chi connectivity index (χ4n) is 3.05. The first-order chi connectivity index (χ1) is 12.5. The molecular weight excluding hydrogens is 361 g/mol. The van der Waals surface area contributed by atoms with E-state index in [-0.39, 0.29) is 35.7 Å². The quantitative estimate of drug-likeness (QED) is 0.716. The zero-order valence-electron chi connectivity index (χ0n) is 14.1. The van der Waals surface area contributed by atoms with Crippen LogP contribution in [0.15, 0.2) is 47.1 Å². The minimum Gasteiger partial charge on any atom is -0.460 e. The zero-order chi connectivity index (χ0) is 18.6. The largest absolute Gasteiger partial charge is 0.460 e. The summed E-state index contributed by atoms with van der Waals surface area (Å²) in [7, 11) is -3.04. The van der Waals surface area contributed by atoms with Gasteiger partial charge in [0.05, 0.1) is 24.4 Å². The van der Waals surface area contributed by atoms with Gasteiger partial charge in [0.1, 0.15) is 5.82 Å². The van der Waals surface area contributed by atoms with Crippen LogP contribution in [0.25, 0.3) is 0 Å². The van der Waals surface area contributed by atoms with Crippen LogP contribution in [-0.4, -0.2) is 50.5 Å². The van der Waals surface area contributed by atoms with Crippen LogP contribution in [0.1, 0.15) is 28.6 Å². The normalized spacial score (nSPS) is 18.3. The SMILES string of the molecule is O=C(OCC[C@@H](c1ccccc1F)N1CCS(=O)(=O)CC1)c1ccco1. The molecule has 1 saturated heterocycles. The Morgan fingerprint density at radius 2 is 1.92 bits per heavy atom. The molecule has 0 radical (unpaired) electrons. The molecule has 26 heavy (non-hydrogen) atoms. The van der Waals surface area contributed by atoms with Gasteiger partial charge in [0.25, 0.3) is 0 Å². The average molecular weight is 381 g/mol. The predicted molar refractivity (Wildman–Crippen MR) is 93.0 cm³/mol. The second-order valence-corrected chi connectivity index (χ2v) is 8.43. The van der Waals surface area contributed by atoms with Crippen LogP contribution in [-0.2, 0) is 14.6 Å². The fourth-order valence-corrected chi connectivity index (χ4v) is 4.28. The maximum atomic E-state index is 14.3. The highest BCUT2D eigenvalue weighted by molar-refractivity contribution is 7.91. The molecule has 0 saturated carbocycles. The van der Waals surface area contributed by atoms with Gasteiger partial charge in [-0.15, -0.1) is 0 Å². The second kappa shape index (κ2) is 8.01. The van der Waals surface area contributed by atoms with Crippen molar-refractivity contribution in [1.29, 1.82) is 0 Å². The number of carbonyl (C=O) groups excluding carboxylic acids is 1. The molecule has 140 valence electrons. The van der Waals surface area contributed by atoms with Crippen LogP contribution in [0.3, 0.4) is 0 Å². The van der Waals surface area contributed by atoms with Gasteiger partial charge < -0.3 is 9.15 Å². The standard InChI is InChI=1S/C18H20FNO5S/c19-15-5-2-1-4-14(15)16(20-8-12-26(22,23)13-9-20)7-11-25-18(21)17-6-3-10-24-17/h1-6,10,16H,7-9,11-13H2/t16-/m0/s1. The number of hydrogen-bond acceptors (Lipinski definition) is 6. The Hall–Kier alpha value is -2.19. The van der Waals surface area contributed by atoms with Crippen molar-refractivity contribution in [3.63, 3.8) is 0 Å². The van der Waals surface area contributed by atoms with Crippen molar-refractivity contribution in [1.82, 2.24) is 4.90 Å². The van der Waals surface area contributed by atoms with Crippen LogP contribution in [0.5, 0.6) is 0 Å². The Morgan fingerprint density at radius 1 is 1.19 bits per heavy atom. The molecule has 1 atom stereocenters. The van der Waals surface area contributed by atoms with Crippen molar-refractivity contribution in [2.75, 3.05) is 31.2 Å². The molecule has 0 bridgehead atoms. The van der Waals surface area contributed by atoms with Gasteiger partial charge in [-0.3, -0.25) is 4.90 Å². The van der Waals surface area contributed by atoms with Gasteiger partial charge in [-0.25, -0.2) is 17.6 Å². The molecule has 0 amide bonds. The highest BCUT2D eigenvalue weighted by Gasteiger charge is 2.29. The molecule has 1 aliphatic heterocycles. The Balaban J connectivity index is 1.69. The molecule has 0 aliphatic carbocycles. The Bertz CT molecular complexity index is 836. The van der Waals surface area contributed by atoms with E-state index in [1.165, 1.54) is 18.4 Å². The lowest BCUT2D eigenvalue weighted by Crippen LogP contribution is -2.43. The van der Waals surface area contributed by atoms with Crippen molar-refractivity contribution in [2.24, 2.45) is 0 Å². The van der Waals surface area contributed by atoms with Crippen molar-refractivity contribution >= 4 is 15.8 Å². The average Bonchev–Trinajstić information content (AvgIpc) is 3.15. The number of furan rings is 1. The summed E-state index contributed by atoms with van der Waals surface area (Å²) < 4.78 is 47.8. The molecule has 1 aromatic carbocycles. The molecule has 1 fully saturated rings. The lowest BCUT2D eigenvalue weighted by molar-refractivity contribution is 0.0422. The molecule has 2 heterocycles. The number of carbonyl (C=O) groups is 1. The second-order valence-electron chi connectivity index (χ2n) is 6.13. The molecule has 8 heteroatoms. The van der Waals surface area contributed by atoms with Crippen molar-refractivity contribution in [3.8, 4) is 0 Å². The third-order valence-corrected chi connectivity index (χ3v) is 6.04. The van der Waals surface area contributed by atoms with Gasteiger partial charge in [-0.1, -0.05) is 18.2 Å². The van der Waals surface area contributed by atoms with Crippen LogP contribution in [0.2, 0.25) is 0 Å². The highest BCUT2D eigenvalue weighted by atomic mass is 32.2. The molecule has 1 aliphatic rings. The van der Waals surface area contributed by atoms with E-state index >= 15 is 0 Å². The number of esters is 1. The summed E-state index contributed by atoms with van der Waals surface area (Å²) in [5, 5.41) is 0. The maximum Gasteiger partial charge on any atom is 0.374 e. The van der Waals surface area contributed by atoms with Gasteiger partial charge in [0, 0.05) is 31.1 Å². The van der Waals surface area contributed by atoms with Gasteiger partial charge in [0.15, 0.2) is 9.84 Å². The van der Waals surface area contributed by atoms with E-state index in [1.54, 1.807) is 24.3 Å². The van der Waals surface area contributed by atoms with E-state index in [1.807, 2.05) is 4.90 Å². The van der Waals surface area contributed by atoms with Gasteiger partial charge in [0.2, 0.25) is 5.76 Å². The van der Waals surface area contributed by atoms with E-state index in [2.05, 4.69) is 0 Å². The van der Waals surface area contributed by atoms with E-state index in [0.29, 0.717) is 25.1 Å². The molecule has 2 aromatic rings. The number of rotatable bonds is 6. The van der Waals surface area contributed by atoms with Crippen molar-refractivity contribution < 1.29 is 26.8 Å². The third-order valence-electron chi connectivity index (χ3n) is 4.43. The molecule has 0 unspecified atom stereocenters. The van der Waals surface area contributed by atoms with Crippen molar-refractivity contribution in [2.45, 2.75) is 12.5 Å². The van der Waals surface area contributed by atoms with Gasteiger partial charge in [-0.2, -0.15) is 0 Å². The van der Waals surface area contributed by atoms with E-state index in [4.69, 9.17) is 9.15 Å². The molecule has 3 rings (SSSR count). The lowest BCUT2D eigenvalue weighted by Gasteiger charge is -2.34. The summed E-state index contributed by atoms with van der Waals surface area (Å²) in [6, 6.07) is 9.12. The maximum absolute atomic E-state index is 14.3. The van der Waals surface area contributed by atoms with Crippen molar-refractivity contribution in [3.05, 3.63) is 59.8 Å². The number of nitrogens with zero attached hydrogens (tertiary/aromatic N) is 1. The van der Waals surface area contributed by atoms with Crippen LogP contribution < -0.4 is 0 Å². The van der Waals surface area contributed by atoms with Crippen LogP contribution in [0.4, 0.5) is 4.39 Å². The van der Waals surface area contributed by atoms with E-state index in [9.17, 15) is 17.6 Å². The Kier molecular flexibility index (Phi) is 5.73.